The summed E-state index contributed by atoms with van der Waals surface area (Å²) in [4.78, 5) is 2.31. The average molecular weight is 422 g/mol. The van der Waals surface area contributed by atoms with Gasteiger partial charge >= 0.3 is 0 Å². The molecule has 0 heterocycles. The predicted octanol–water partition coefficient (Wildman–Crippen LogP) is 7.28. The van der Waals surface area contributed by atoms with E-state index in [1.165, 1.54) is 22.3 Å². The number of benzene rings is 4. The Hall–Kier alpha value is -3.40. The Labute approximate surface area is 189 Å². The molecule has 4 aromatic rings. The van der Waals surface area contributed by atoms with E-state index in [0.717, 1.165) is 23.5 Å². The van der Waals surface area contributed by atoms with E-state index in [9.17, 15) is 0 Å². The minimum absolute atomic E-state index is 0.222. The zero-order valence-electron chi connectivity index (χ0n) is 18.4. The van der Waals surface area contributed by atoms with Crippen molar-refractivity contribution in [3.8, 4) is 11.1 Å². The van der Waals surface area contributed by atoms with Crippen LogP contribution in [0.25, 0.3) is 11.1 Å². The lowest BCUT2D eigenvalue weighted by atomic mass is 9.93. The fourth-order valence-corrected chi connectivity index (χ4v) is 4.77. The first-order valence-electron chi connectivity index (χ1n) is 11.0. The Morgan fingerprint density at radius 1 is 0.625 bits per heavy atom. The van der Waals surface area contributed by atoms with Crippen LogP contribution in [0.5, 0.6) is 0 Å². The summed E-state index contributed by atoms with van der Waals surface area (Å²) < 4.78 is 11.2. The fourth-order valence-electron chi connectivity index (χ4n) is 4.77. The summed E-state index contributed by atoms with van der Waals surface area (Å²) in [5.41, 5.74) is 8.67. The van der Waals surface area contributed by atoms with E-state index >= 15 is 0 Å². The maximum atomic E-state index is 5.58. The van der Waals surface area contributed by atoms with Crippen molar-refractivity contribution < 1.29 is 9.47 Å². The van der Waals surface area contributed by atoms with E-state index in [4.69, 9.17) is 9.47 Å². The Morgan fingerprint density at radius 2 is 1.19 bits per heavy atom. The van der Waals surface area contributed by atoms with Gasteiger partial charge in [-0.05, 0) is 58.7 Å². The number of para-hydroxylation sites is 2. The number of hydrogen-bond acceptors (Lipinski definition) is 3. The molecule has 5 rings (SSSR count). The van der Waals surface area contributed by atoms with E-state index in [1.807, 2.05) is 0 Å². The number of rotatable bonds is 7. The molecule has 0 fully saturated rings. The normalized spacial score (nSPS) is 14.3. The molecule has 1 aliphatic carbocycles. The number of anilines is 3. The summed E-state index contributed by atoms with van der Waals surface area (Å²) in [6, 6.07) is 36.5. The van der Waals surface area contributed by atoms with Crippen LogP contribution >= 0.6 is 0 Å². The van der Waals surface area contributed by atoms with Crippen molar-refractivity contribution in [1.82, 2.24) is 0 Å². The van der Waals surface area contributed by atoms with Crippen molar-refractivity contribution in [1.29, 1.82) is 0 Å². The van der Waals surface area contributed by atoms with Crippen LogP contribution in [0.4, 0.5) is 17.1 Å². The van der Waals surface area contributed by atoms with Crippen LogP contribution in [-0.4, -0.2) is 20.5 Å². The molecule has 0 amide bonds. The molecule has 0 saturated heterocycles. The zero-order valence-corrected chi connectivity index (χ0v) is 18.4. The third-order valence-electron chi connectivity index (χ3n) is 6.28. The van der Waals surface area contributed by atoms with Gasteiger partial charge < -0.3 is 14.4 Å². The smallest absolute Gasteiger partial charge is 0.157 e. The molecule has 0 radical (unpaired) electrons. The monoisotopic (exact) mass is 421 g/mol. The molecule has 160 valence electrons. The van der Waals surface area contributed by atoms with E-state index in [2.05, 4.69) is 108 Å². The van der Waals surface area contributed by atoms with Crippen molar-refractivity contribution in [2.75, 3.05) is 19.1 Å². The van der Waals surface area contributed by atoms with Crippen molar-refractivity contribution in [3.63, 3.8) is 0 Å². The Kier molecular flexibility index (Phi) is 5.76. The largest absolute Gasteiger partial charge is 0.356 e. The second kappa shape index (κ2) is 8.99. The highest BCUT2D eigenvalue weighted by Gasteiger charge is 2.31. The quantitative estimate of drug-likeness (QED) is 0.293. The Bertz CT molecular complexity index is 1150. The lowest BCUT2D eigenvalue weighted by molar-refractivity contribution is -0.107. The maximum Gasteiger partial charge on any atom is 0.157 e. The summed E-state index contributed by atoms with van der Waals surface area (Å²) >= 11 is 0. The van der Waals surface area contributed by atoms with Crippen molar-refractivity contribution in [2.45, 2.75) is 18.6 Å². The van der Waals surface area contributed by atoms with Crippen LogP contribution in [0.2, 0.25) is 0 Å². The number of nitrogens with zero attached hydrogens (tertiary/aromatic N) is 1. The van der Waals surface area contributed by atoms with E-state index in [0.29, 0.717) is 0 Å². The van der Waals surface area contributed by atoms with Crippen LogP contribution in [0.3, 0.4) is 0 Å². The highest BCUT2D eigenvalue weighted by molar-refractivity contribution is 5.84. The van der Waals surface area contributed by atoms with E-state index in [-0.39, 0.29) is 12.2 Å². The molecule has 3 nitrogen and oxygen atoms in total. The molecule has 0 N–H and O–H groups in total. The van der Waals surface area contributed by atoms with E-state index in [1.54, 1.807) is 14.2 Å². The fraction of sp³-hybridized carbons (Fsp3) is 0.172. The molecule has 1 aliphatic rings. The lowest BCUT2D eigenvalue weighted by Crippen LogP contribution is -2.17. The molecule has 1 unspecified atom stereocenters. The van der Waals surface area contributed by atoms with Crippen molar-refractivity contribution in [2.24, 2.45) is 0 Å². The molecule has 0 spiro atoms. The van der Waals surface area contributed by atoms with Gasteiger partial charge in [-0.25, -0.2) is 0 Å². The summed E-state index contributed by atoms with van der Waals surface area (Å²) in [5.74, 6) is 0.222. The van der Waals surface area contributed by atoms with Gasteiger partial charge in [0.05, 0.1) is 0 Å². The molecule has 32 heavy (non-hydrogen) atoms. The molecular formula is C29H27NO2. The van der Waals surface area contributed by atoms with E-state index < -0.39 is 0 Å². The van der Waals surface area contributed by atoms with Crippen LogP contribution in [0.1, 0.15) is 23.5 Å². The first kappa shape index (κ1) is 20.5. The number of hydrogen-bond donors (Lipinski definition) is 0. The molecule has 3 heteroatoms. The van der Waals surface area contributed by atoms with Gasteiger partial charge in [-0.2, -0.15) is 0 Å². The van der Waals surface area contributed by atoms with Crippen LogP contribution in [0, 0.1) is 0 Å². The van der Waals surface area contributed by atoms with Gasteiger partial charge in [0.25, 0.3) is 0 Å². The second-order valence-corrected chi connectivity index (χ2v) is 8.05. The minimum atomic E-state index is -0.248. The summed E-state index contributed by atoms with van der Waals surface area (Å²) in [6.07, 6.45) is 0.527. The van der Waals surface area contributed by atoms with Gasteiger partial charge in [0, 0.05) is 43.6 Å². The van der Waals surface area contributed by atoms with Crippen LogP contribution in [-0.2, 0) is 9.47 Å². The van der Waals surface area contributed by atoms with Crippen LogP contribution < -0.4 is 4.90 Å². The molecule has 0 bridgehead atoms. The third kappa shape index (κ3) is 3.70. The standard InChI is InChI=1S/C29H27NO2/c1-31-29(32-2)20-28-25-16-10-9-15-24(25)26-18-17-23(19-27(26)28)30(21-11-5-3-6-12-21)22-13-7-4-8-14-22/h3-19,28-29H,20H2,1-2H3. The van der Waals surface area contributed by atoms with Gasteiger partial charge in [0.2, 0.25) is 0 Å². The van der Waals surface area contributed by atoms with Crippen molar-refractivity contribution in [3.05, 3.63) is 114 Å². The summed E-state index contributed by atoms with van der Waals surface area (Å²) in [7, 11) is 3.41. The number of fused-ring (bicyclic) bond motifs is 3. The Morgan fingerprint density at radius 3 is 1.81 bits per heavy atom. The lowest BCUT2D eigenvalue weighted by Gasteiger charge is -2.27. The Balaban J connectivity index is 1.64. The van der Waals surface area contributed by atoms with Gasteiger partial charge in [0.15, 0.2) is 6.29 Å². The predicted molar refractivity (Wildman–Crippen MR) is 131 cm³/mol. The molecule has 1 atom stereocenters. The first-order chi connectivity index (χ1) is 15.8. The van der Waals surface area contributed by atoms with Crippen molar-refractivity contribution >= 4 is 17.1 Å². The van der Waals surface area contributed by atoms with Gasteiger partial charge in [-0.1, -0.05) is 66.7 Å². The highest BCUT2D eigenvalue weighted by atomic mass is 16.7. The second-order valence-electron chi connectivity index (χ2n) is 8.05. The number of ether oxygens (including phenoxy) is 2. The maximum absolute atomic E-state index is 5.58. The molecule has 0 aromatic heterocycles. The molecule has 0 aliphatic heterocycles. The van der Waals surface area contributed by atoms with Gasteiger partial charge in [-0.15, -0.1) is 0 Å². The topological polar surface area (TPSA) is 21.7 Å². The van der Waals surface area contributed by atoms with Gasteiger partial charge in [0.1, 0.15) is 0 Å². The SMILES string of the molecule is COC(CC1c2ccccc2-c2ccc(N(c3ccccc3)c3ccccc3)cc21)OC. The third-order valence-corrected chi connectivity index (χ3v) is 6.28. The highest BCUT2D eigenvalue weighted by Crippen LogP contribution is 2.49. The first-order valence-corrected chi connectivity index (χ1v) is 11.0. The summed E-state index contributed by atoms with van der Waals surface area (Å²) in [5, 5.41) is 0. The van der Waals surface area contributed by atoms with Crippen LogP contribution in [0.15, 0.2) is 103 Å². The average Bonchev–Trinajstić information content (AvgIpc) is 3.17. The molecule has 4 aromatic carbocycles. The minimum Gasteiger partial charge on any atom is -0.356 e. The zero-order chi connectivity index (χ0) is 21.9. The van der Waals surface area contributed by atoms with Gasteiger partial charge in [-0.3, -0.25) is 0 Å². The molecular weight excluding hydrogens is 394 g/mol. The number of methoxy groups -OCH3 is 2. The molecule has 0 saturated carbocycles. The summed E-state index contributed by atoms with van der Waals surface area (Å²) in [6.45, 7) is 0.